The maximum atomic E-state index is 12.6. The predicted molar refractivity (Wildman–Crippen MR) is 115 cm³/mol. The first kappa shape index (κ1) is 27.3. The number of carbonyl (C=O) groups excluding carboxylic acids is 3. The minimum Gasteiger partial charge on any atom is -0.466 e. The second-order valence-electron chi connectivity index (χ2n) is 8.03. The molecule has 0 bridgehead atoms. The van der Waals surface area contributed by atoms with Gasteiger partial charge in [0.15, 0.2) is 0 Å². The van der Waals surface area contributed by atoms with E-state index >= 15 is 0 Å². The number of esters is 3. The Labute approximate surface area is 187 Å². The second kappa shape index (κ2) is 11.2. The van der Waals surface area contributed by atoms with Crippen LogP contribution in [0.2, 0.25) is 0 Å². The molecule has 0 heterocycles. The van der Waals surface area contributed by atoms with Crippen LogP contribution in [0.1, 0.15) is 20.3 Å². The van der Waals surface area contributed by atoms with E-state index in [2.05, 4.69) is 31.1 Å². The van der Waals surface area contributed by atoms with Gasteiger partial charge in [-0.25, -0.2) is 9.59 Å². The largest absolute Gasteiger partial charge is 0.466 e. The first-order valence-corrected chi connectivity index (χ1v) is 9.93. The van der Waals surface area contributed by atoms with E-state index in [9.17, 15) is 29.7 Å². The molecule has 1 saturated carbocycles. The molecule has 0 amide bonds. The van der Waals surface area contributed by atoms with Crippen LogP contribution in [-0.4, -0.2) is 71.9 Å². The number of ether oxygens (including phenoxy) is 3. The summed E-state index contributed by atoms with van der Waals surface area (Å²) in [5.41, 5.74) is -1.06. The van der Waals surface area contributed by atoms with Crippen molar-refractivity contribution in [3.8, 4) is 0 Å². The van der Waals surface area contributed by atoms with Gasteiger partial charge >= 0.3 is 17.9 Å². The number of hydrogen-bond donors (Lipinski definition) is 3. The number of aliphatic hydroxyl groups is 3. The smallest absolute Gasteiger partial charge is 0.336 e. The monoisotopic (exact) mass is 452 g/mol. The quantitative estimate of drug-likeness (QED) is 0.190. The molecule has 9 nitrogen and oxygen atoms in total. The standard InChI is InChI=1S/C23H32O9/c1-8-23(6)9-17(32-22(29)13(3)16(26)11-31-15(5)25)18(14(4)21(28)30-7)20(27)19(23)12(2)10-24/h8,16-20,24,26-27H,1-4,9-11H2,5-7H3/t16-,17+,18+,19+,20+,23-/m1/s1. The molecule has 3 N–H and O–H groups in total. The number of methoxy groups -OCH3 is 1. The SMILES string of the molecule is C=C[C@]1(C)C[C@H](OC(=O)C(=C)[C@H](O)COC(C)=O)[C@H](C(=C)C(=O)OC)[C@H](O)[C@@H]1C(=C)CO. The molecule has 178 valence electrons. The van der Waals surface area contributed by atoms with Crippen LogP contribution in [0.25, 0.3) is 0 Å². The van der Waals surface area contributed by atoms with Crippen molar-refractivity contribution in [3.05, 3.63) is 49.1 Å². The van der Waals surface area contributed by atoms with Crippen molar-refractivity contribution in [2.75, 3.05) is 20.3 Å². The Bertz CT molecular complexity index is 799. The first-order valence-electron chi connectivity index (χ1n) is 9.93. The van der Waals surface area contributed by atoms with Crippen LogP contribution in [-0.2, 0) is 28.6 Å². The van der Waals surface area contributed by atoms with Gasteiger partial charge in [0.25, 0.3) is 0 Å². The highest BCUT2D eigenvalue weighted by Gasteiger charge is 2.53. The Morgan fingerprint density at radius 2 is 1.81 bits per heavy atom. The highest BCUT2D eigenvalue weighted by molar-refractivity contribution is 5.90. The van der Waals surface area contributed by atoms with E-state index in [0.717, 1.165) is 14.0 Å². The van der Waals surface area contributed by atoms with Crippen molar-refractivity contribution < 1.29 is 43.9 Å². The van der Waals surface area contributed by atoms with Gasteiger partial charge in [-0.05, 0) is 17.4 Å². The van der Waals surface area contributed by atoms with Gasteiger partial charge < -0.3 is 29.5 Å². The predicted octanol–water partition coefficient (Wildman–Crippen LogP) is 0.845. The molecule has 0 spiro atoms. The Kier molecular flexibility index (Phi) is 9.56. The van der Waals surface area contributed by atoms with Crippen LogP contribution < -0.4 is 0 Å². The van der Waals surface area contributed by atoms with Crippen molar-refractivity contribution >= 4 is 17.9 Å². The van der Waals surface area contributed by atoms with E-state index in [1.54, 1.807) is 13.0 Å². The molecule has 0 saturated heterocycles. The topological polar surface area (TPSA) is 140 Å². The molecular formula is C23H32O9. The Morgan fingerprint density at radius 3 is 2.28 bits per heavy atom. The van der Waals surface area contributed by atoms with Gasteiger partial charge in [0.1, 0.15) is 18.8 Å². The van der Waals surface area contributed by atoms with Crippen LogP contribution in [0.3, 0.4) is 0 Å². The van der Waals surface area contributed by atoms with E-state index in [1.165, 1.54) is 0 Å². The molecule has 1 rings (SSSR count). The zero-order chi connectivity index (χ0) is 24.8. The van der Waals surface area contributed by atoms with Gasteiger partial charge in [0.2, 0.25) is 0 Å². The summed E-state index contributed by atoms with van der Waals surface area (Å²) in [6.07, 6.45) is -2.25. The summed E-state index contributed by atoms with van der Waals surface area (Å²) in [4.78, 5) is 35.8. The molecule has 0 aromatic rings. The molecule has 6 atom stereocenters. The third kappa shape index (κ3) is 5.93. The molecule has 0 aromatic carbocycles. The lowest BCUT2D eigenvalue weighted by molar-refractivity contribution is -0.163. The van der Waals surface area contributed by atoms with Crippen LogP contribution in [0, 0.1) is 17.3 Å². The molecule has 9 heteroatoms. The maximum Gasteiger partial charge on any atom is 0.336 e. The molecule has 1 aliphatic carbocycles. The highest BCUT2D eigenvalue weighted by atomic mass is 16.6. The lowest BCUT2D eigenvalue weighted by Gasteiger charge is -2.50. The van der Waals surface area contributed by atoms with Crippen molar-refractivity contribution in [1.82, 2.24) is 0 Å². The third-order valence-corrected chi connectivity index (χ3v) is 5.79. The van der Waals surface area contributed by atoms with Gasteiger partial charge in [0.05, 0.1) is 31.3 Å². The molecule has 32 heavy (non-hydrogen) atoms. The number of rotatable bonds is 10. The average molecular weight is 453 g/mol. The van der Waals surface area contributed by atoms with Gasteiger partial charge in [0, 0.05) is 18.4 Å². The van der Waals surface area contributed by atoms with E-state index < -0.39 is 66.7 Å². The number of allylic oxidation sites excluding steroid dienone is 1. The molecule has 0 unspecified atom stereocenters. The minimum absolute atomic E-state index is 0.0942. The summed E-state index contributed by atoms with van der Waals surface area (Å²) < 4.78 is 14.9. The fraction of sp³-hybridized carbons (Fsp3) is 0.522. The average Bonchev–Trinajstić information content (AvgIpc) is 2.75. The summed E-state index contributed by atoms with van der Waals surface area (Å²) in [5, 5.41) is 30.8. The van der Waals surface area contributed by atoms with E-state index in [1.807, 2.05) is 0 Å². The summed E-state index contributed by atoms with van der Waals surface area (Å²) in [6.45, 7) is 16.8. The van der Waals surface area contributed by atoms with Gasteiger partial charge in [-0.3, -0.25) is 4.79 Å². The third-order valence-electron chi connectivity index (χ3n) is 5.79. The highest BCUT2D eigenvalue weighted by Crippen LogP contribution is 2.50. The van der Waals surface area contributed by atoms with E-state index in [0.29, 0.717) is 5.57 Å². The van der Waals surface area contributed by atoms with Crippen LogP contribution in [0.4, 0.5) is 0 Å². The Morgan fingerprint density at radius 1 is 1.22 bits per heavy atom. The fourth-order valence-electron chi connectivity index (χ4n) is 3.98. The van der Waals surface area contributed by atoms with Crippen molar-refractivity contribution in [2.24, 2.45) is 17.3 Å². The van der Waals surface area contributed by atoms with E-state index in [-0.39, 0.29) is 17.6 Å². The number of carbonyl (C=O) groups is 3. The van der Waals surface area contributed by atoms with Crippen molar-refractivity contribution in [1.29, 1.82) is 0 Å². The lowest BCUT2D eigenvalue weighted by atomic mass is 9.58. The number of aliphatic hydroxyl groups excluding tert-OH is 3. The van der Waals surface area contributed by atoms with Gasteiger partial charge in [-0.15, -0.1) is 6.58 Å². The zero-order valence-electron chi connectivity index (χ0n) is 18.7. The normalized spacial score (nSPS) is 28.1. The lowest BCUT2D eigenvalue weighted by Crippen LogP contribution is -2.54. The Hall–Kier alpha value is -2.75. The zero-order valence-corrected chi connectivity index (χ0v) is 18.7. The van der Waals surface area contributed by atoms with Crippen molar-refractivity contribution in [2.45, 2.75) is 38.6 Å². The first-order chi connectivity index (χ1) is 14.8. The number of hydrogen-bond acceptors (Lipinski definition) is 9. The van der Waals surface area contributed by atoms with Crippen LogP contribution in [0.15, 0.2) is 49.1 Å². The molecule has 1 fully saturated rings. The minimum atomic E-state index is -1.50. The van der Waals surface area contributed by atoms with E-state index in [4.69, 9.17) is 9.47 Å². The second-order valence-corrected chi connectivity index (χ2v) is 8.03. The fourth-order valence-corrected chi connectivity index (χ4v) is 3.98. The summed E-state index contributed by atoms with van der Waals surface area (Å²) in [6, 6.07) is 0. The molecule has 0 aromatic heterocycles. The Balaban J connectivity index is 3.28. The molecule has 0 radical (unpaired) electrons. The van der Waals surface area contributed by atoms with Gasteiger partial charge in [-0.2, -0.15) is 0 Å². The maximum absolute atomic E-state index is 12.6. The molecule has 0 aliphatic heterocycles. The summed E-state index contributed by atoms with van der Waals surface area (Å²) >= 11 is 0. The van der Waals surface area contributed by atoms with Crippen molar-refractivity contribution in [3.63, 3.8) is 0 Å². The summed E-state index contributed by atoms with van der Waals surface area (Å²) in [5.74, 6) is -4.27. The summed E-state index contributed by atoms with van der Waals surface area (Å²) in [7, 11) is 1.15. The van der Waals surface area contributed by atoms with Crippen LogP contribution in [0.5, 0.6) is 0 Å². The van der Waals surface area contributed by atoms with Gasteiger partial charge in [-0.1, -0.05) is 32.7 Å². The van der Waals surface area contributed by atoms with Crippen LogP contribution >= 0.6 is 0 Å². The molecule has 1 aliphatic rings. The molecular weight excluding hydrogens is 420 g/mol.